The summed E-state index contributed by atoms with van der Waals surface area (Å²) in [5.41, 5.74) is 0.984. The number of halogens is 2. The van der Waals surface area contributed by atoms with Crippen LogP contribution < -0.4 is 0 Å². The van der Waals surface area contributed by atoms with Crippen LogP contribution in [-0.2, 0) is 11.2 Å². The summed E-state index contributed by atoms with van der Waals surface area (Å²) in [5.74, 6) is -0.0176. The minimum atomic E-state index is -0.270. The number of hydrogen-bond donors (Lipinski definition) is 0. The maximum absolute atomic E-state index is 12.9. The van der Waals surface area contributed by atoms with Crippen LogP contribution in [-0.4, -0.2) is 5.78 Å². The molecule has 0 saturated heterocycles. The first-order chi connectivity index (χ1) is 7.04. The zero-order valence-electron chi connectivity index (χ0n) is 8.89. The molecule has 0 fully saturated rings. The normalized spacial score (nSPS) is 12.5. The average Bonchev–Trinajstić information content (AvgIpc) is 2.22. The van der Waals surface area contributed by atoms with E-state index in [1.54, 1.807) is 12.1 Å². The van der Waals surface area contributed by atoms with Gasteiger partial charge in [-0.05, 0) is 40.0 Å². The molecule has 1 nitrogen and oxygen atoms in total. The average molecular weight is 273 g/mol. The molecule has 0 N–H and O–H groups in total. The van der Waals surface area contributed by atoms with Crippen LogP contribution in [0.25, 0.3) is 0 Å². The minimum Gasteiger partial charge on any atom is -0.299 e. The first kappa shape index (κ1) is 12.4. The third-order valence-corrected chi connectivity index (χ3v) is 3.03. The fraction of sp³-hybridized carbons (Fsp3) is 0.417. The molecule has 0 aliphatic carbocycles. The monoisotopic (exact) mass is 272 g/mol. The highest BCUT2D eigenvalue weighted by molar-refractivity contribution is 9.10. The quantitative estimate of drug-likeness (QED) is 0.816. The predicted octanol–water partition coefficient (Wildman–Crippen LogP) is 3.75. The molecule has 82 valence electrons. The van der Waals surface area contributed by atoms with Crippen molar-refractivity contribution in [3.8, 4) is 0 Å². The lowest BCUT2D eigenvalue weighted by atomic mass is 9.96. The summed E-state index contributed by atoms with van der Waals surface area (Å²) in [6.45, 7) is 3.77. The number of hydrogen-bond acceptors (Lipinski definition) is 1. The zero-order valence-corrected chi connectivity index (χ0v) is 10.5. The Hall–Kier alpha value is -0.700. The van der Waals surface area contributed by atoms with Crippen molar-refractivity contribution in [1.29, 1.82) is 0 Å². The van der Waals surface area contributed by atoms with Crippen LogP contribution in [0, 0.1) is 11.7 Å². The van der Waals surface area contributed by atoms with Gasteiger partial charge in [0.05, 0.1) is 4.47 Å². The van der Waals surface area contributed by atoms with Crippen molar-refractivity contribution in [2.24, 2.45) is 5.92 Å². The third-order valence-electron chi connectivity index (χ3n) is 2.42. The van der Waals surface area contributed by atoms with E-state index in [4.69, 9.17) is 0 Å². The van der Waals surface area contributed by atoms with Gasteiger partial charge in [0.2, 0.25) is 0 Å². The van der Waals surface area contributed by atoms with Crippen LogP contribution in [0.3, 0.4) is 0 Å². The molecule has 0 heterocycles. The topological polar surface area (TPSA) is 17.1 Å². The van der Waals surface area contributed by atoms with Crippen molar-refractivity contribution in [3.63, 3.8) is 0 Å². The highest BCUT2D eigenvalue weighted by Crippen LogP contribution is 2.19. The summed E-state index contributed by atoms with van der Waals surface area (Å²) >= 11 is 3.13. The van der Waals surface area contributed by atoms with Crippen LogP contribution in [0.4, 0.5) is 4.39 Å². The summed E-state index contributed by atoms with van der Waals surface area (Å²) < 4.78 is 13.4. The van der Waals surface area contributed by atoms with Gasteiger partial charge < -0.3 is 0 Å². The Morgan fingerprint density at radius 1 is 1.53 bits per heavy atom. The second-order valence-corrected chi connectivity index (χ2v) is 4.53. The molecule has 0 radical (unpaired) electrons. The molecule has 0 aliphatic heterocycles. The van der Waals surface area contributed by atoms with Crippen molar-refractivity contribution >= 4 is 21.7 Å². The van der Waals surface area contributed by atoms with Crippen molar-refractivity contribution in [3.05, 3.63) is 34.1 Å². The van der Waals surface area contributed by atoms with Crippen LogP contribution >= 0.6 is 15.9 Å². The Kier molecular flexibility index (Phi) is 4.45. The lowest BCUT2D eigenvalue weighted by Crippen LogP contribution is -2.12. The predicted molar refractivity (Wildman–Crippen MR) is 62.3 cm³/mol. The lowest BCUT2D eigenvalue weighted by molar-refractivity contribution is -0.122. The molecule has 3 heteroatoms. The van der Waals surface area contributed by atoms with Crippen LogP contribution in [0.15, 0.2) is 22.7 Å². The smallest absolute Gasteiger partial charge is 0.137 e. The molecule has 1 rings (SSSR count). The molecular weight excluding hydrogens is 259 g/mol. The van der Waals surface area contributed by atoms with Gasteiger partial charge in [0.1, 0.15) is 11.6 Å². The molecule has 0 aromatic heterocycles. The van der Waals surface area contributed by atoms with E-state index in [9.17, 15) is 9.18 Å². The third kappa shape index (κ3) is 3.42. The number of carbonyl (C=O) groups excluding carboxylic acids is 1. The van der Waals surface area contributed by atoms with Gasteiger partial charge >= 0.3 is 0 Å². The van der Waals surface area contributed by atoms with Gasteiger partial charge in [-0.1, -0.05) is 19.9 Å². The van der Waals surface area contributed by atoms with Gasteiger partial charge in [-0.2, -0.15) is 0 Å². The zero-order chi connectivity index (χ0) is 11.4. The molecule has 1 atom stereocenters. The van der Waals surface area contributed by atoms with E-state index in [0.29, 0.717) is 17.3 Å². The van der Waals surface area contributed by atoms with Crippen molar-refractivity contribution < 1.29 is 9.18 Å². The van der Waals surface area contributed by atoms with Gasteiger partial charge in [-0.25, -0.2) is 4.39 Å². The molecule has 0 amide bonds. The molecular formula is C12H14BrFO. The number of rotatable bonds is 4. The van der Waals surface area contributed by atoms with Gasteiger partial charge in [-0.15, -0.1) is 0 Å². The van der Waals surface area contributed by atoms with E-state index in [-0.39, 0.29) is 17.5 Å². The maximum atomic E-state index is 12.9. The van der Waals surface area contributed by atoms with E-state index in [0.717, 1.165) is 5.56 Å². The van der Waals surface area contributed by atoms with Crippen LogP contribution in [0.1, 0.15) is 25.8 Å². The Morgan fingerprint density at radius 2 is 2.20 bits per heavy atom. The number of ketones is 1. The highest BCUT2D eigenvalue weighted by atomic mass is 79.9. The Balaban J connectivity index is 2.73. The lowest BCUT2D eigenvalue weighted by Gasteiger charge is -2.09. The van der Waals surface area contributed by atoms with Crippen LogP contribution in [0.5, 0.6) is 0 Å². The summed E-state index contributed by atoms with van der Waals surface area (Å²) in [6, 6.07) is 4.87. The molecule has 0 aliphatic rings. The fourth-order valence-corrected chi connectivity index (χ4v) is 1.91. The van der Waals surface area contributed by atoms with E-state index in [1.807, 2.05) is 13.8 Å². The van der Waals surface area contributed by atoms with Crippen molar-refractivity contribution in [1.82, 2.24) is 0 Å². The van der Waals surface area contributed by atoms with Gasteiger partial charge in [0.25, 0.3) is 0 Å². The molecule has 0 saturated carbocycles. The first-order valence-corrected chi connectivity index (χ1v) is 5.80. The van der Waals surface area contributed by atoms with Crippen LogP contribution in [0.2, 0.25) is 0 Å². The fourth-order valence-electron chi connectivity index (χ4n) is 1.48. The van der Waals surface area contributed by atoms with Gasteiger partial charge in [0.15, 0.2) is 0 Å². The number of benzene rings is 1. The standard InChI is InChI=1S/C12H14BrFO/c1-3-12(15)8(2)6-9-4-5-11(14)10(13)7-9/h4-5,7-8H,3,6H2,1-2H3. The van der Waals surface area contributed by atoms with Crippen molar-refractivity contribution in [2.45, 2.75) is 26.7 Å². The van der Waals surface area contributed by atoms with E-state index < -0.39 is 0 Å². The summed E-state index contributed by atoms with van der Waals surface area (Å²) in [4.78, 5) is 11.4. The number of carbonyl (C=O) groups is 1. The Labute approximate surface area is 97.8 Å². The molecule has 15 heavy (non-hydrogen) atoms. The summed E-state index contributed by atoms with van der Waals surface area (Å²) in [7, 11) is 0. The van der Waals surface area contributed by atoms with Gasteiger partial charge in [0, 0.05) is 12.3 Å². The summed E-state index contributed by atoms with van der Waals surface area (Å²) in [6.07, 6.45) is 1.23. The van der Waals surface area contributed by atoms with E-state index >= 15 is 0 Å². The highest BCUT2D eigenvalue weighted by Gasteiger charge is 2.12. The second-order valence-electron chi connectivity index (χ2n) is 3.67. The largest absolute Gasteiger partial charge is 0.299 e. The van der Waals surface area contributed by atoms with Gasteiger partial charge in [-0.3, -0.25) is 4.79 Å². The molecule has 1 aromatic rings. The second kappa shape index (κ2) is 5.40. The van der Waals surface area contributed by atoms with E-state index in [2.05, 4.69) is 15.9 Å². The molecule has 1 aromatic carbocycles. The van der Waals surface area contributed by atoms with Crippen molar-refractivity contribution in [2.75, 3.05) is 0 Å². The molecule has 1 unspecified atom stereocenters. The Bertz CT molecular complexity index is 363. The SMILES string of the molecule is CCC(=O)C(C)Cc1ccc(F)c(Br)c1. The summed E-state index contributed by atoms with van der Waals surface area (Å²) in [5, 5.41) is 0. The minimum absolute atomic E-state index is 0.00682. The Morgan fingerprint density at radius 3 is 2.73 bits per heavy atom. The molecule has 0 bridgehead atoms. The van der Waals surface area contributed by atoms with E-state index in [1.165, 1.54) is 6.07 Å². The first-order valence-electron chi connectivity index (χ1n) is 5.01. The molecule has 0 spiro atoms. The maximum Gasteiger partial charge on any atom is 0.137 e. The number of Topliss-reactive ketones (excluding diaryl/α,β-unsaturated/α-hetero) is 1.